The van der Waals surface area contributed by atoms with E-state index in [0.29, 0.717) is 6.54 Å². The van der Waals surface area contributed by atoms with E-state index in [0.717, 1.165) is 30.6 Å². The summed E-state index contributed by atoms with van der Waals surface area (Å²) in [5.74, 6) is 0. The summed E-state index contributed by atoms with van der Waals surface area (Å²) in [6.45, 7) is 1.25. The predicted octanol–water partition coefficient (Wildman–Crippen LogP) is 1.21. The van der Waals surface area contributed by atoms with Gasteiger partial charge in [0.05, 0.1) is 12.1 Å². The van der Waals surface area contributed by atoms with Crippen LogP contribution in [0.5, 0.6) is 0 Å². The van der Waals surface area contributed by atoms with Crippen molar-refractivity contribution in [3.05, 3.63) is 29.8 Å². The lowest BCUT2D eigenvalue weighted by atomic mass is 10.1. The second-order valence-electron chi connectivity index (χ2n) is 4.63. The van der Waals surface area contributed by atoms with Gasteiger partial charge in [0.1, 0.15) is 0 Å². The molecule has 0 unspecified atom stereocenters. The van der Waals surface area contributed by atoms with Crippen LogP contribution in [0.3, 0.4) is 0 Å². The number of anilines is 1. The Morgan fingerprint density at radius 3 is 2.75 bits per heavy atom. The molecular formula is C12H15N3O. The summed E-state index contributed by atoms with van der Waals surface area (Å²) in [5, 5.41) is 3.05. The molecule has 84 valence electrons. The minimum absolute atomic E-state index is 0.0124. The zero-order valence-electron chi connectivity index (χ0n) is 9.07. The van der Waals surface area contributed by atoms with Crippen LogP contribution in [0.2, 0.25) is 0 Å². The van der Waals surface area contributed by atoms with Crippen LogP contribution >= 0.6 is 0 Å². The largest absolute Gasteiger partial charge is 0.330 e. The second kappa shape index (κ2) is 3.22. The average molecular weight is 217 g/mol. The molecule has 0 bridgehead atoms. The summed E-state index contributed by atoms with van der Waals surface area (Å²) in [5.41, 5.74) is 7.73. The van der Waals surface area contributed by atoms with E-state index in [1.54, 1.807) is 0 Å². The predicted molar refractivity (Wildman–Crippen MR) is 62.2 cm³/mol. The fraction of sp³-hybridized carbons (Fsp3) is 0.417. The molecule has 1 aliphatic carbocycles. The third-order valence-corrected chi connectivity index (χ3v) is 3.43. The first-order chi connectivity index (χ1) is 7.74. The Balaban J connectivity index is 1.94. The van der Waals surface area contributed by atoms with E-state index in [1.807, 2.05) is 29.2 Å². The van der Waals surface area contributed by atoms with Gasteiger partial charge >= 0.3 is 6.03 Å². The highest BCUT2D eigenvalue weighted by Crippen LogP contribution is 2.41. The number of hydrogen-bond donors (Lipinski definition) is 2. The van der Waals surface area contributed by atoms with Gasteiger partial charge in [-0.3, -0.25) is 4.90 Å². The number of benzene rings is 1. The Bertz CT molecular complexity index is 440. The van der Waals surface area contributed by atoms with Crippen LogP contribution < -0.4 is 16.0 Å². The van der Waals surface area contributed by atoms with Gasteiger partial charge in [-0.1, -0.05) is 18.2 Å². The Morgan fingerprint density at radius 1 is 1.38 bits per heavy atom. The quantitative estimate of drug-likeness (QED) is 0.782. The van der Waals surface area contributed by atoms with Gasteiger partial charge in [0.25, 0.3) is 0 Å². The van der Waals surface area contributed by atoms with Crippen molar-refractivity contribution >= 4 is 11.7 Å². The third-order valence-electron chi connectivity index (χ3n) is 3.43. The average Bonchev–Trinajstić information content (AvgIpc) is 2.97. The van der Waals surface area contributed by atoms with E-state index in [-0.39, 0.29) is 11.6 Å². The molecule has 2 aliphatic rings. The minimum atomic E-state index is 0.0124. The molecule has 1 aromatic rings. The number of urea groups is 1. The summed E-state index contributed by atoms with van der Waals surface area (Å²) in [7, 11) is 0. The summed E-state index contributed by atoms with van der Waals surface area (Å²) < 4.78 is 0. The van der Waals surface area contributed by atoms with Crippen LogP contribution in [0, 0.1) is 0 Å². The molecule has 4 heteroatoms. The van der Waals surface area contributed by atoms with Gasteiger partial charge in [-0.05, 0) is 24.5 Å². The lowest BCUT2D eigenvalue weighted by Crippen LogP contribution is -2.29. The van der Waals surface area contributed by atoms with Crippen molar-refractivity contribution in [2.75, 3.05) is 11.4 Å². The number of nitrogens with zero attached hydrogens (tertiary/aromatic N) is 1. The summed E-state index contributed by atoms with van der Waals surface area (Å²) >= 11 is 0. The van der Waals surface area contributed by atoms with Crippen molar-refractivity contribution in [2.45, 2.75) is 24.9 Å². The molecule has 0 aromatic heterocycles. The monoisotopic (exact) mass is 217 g/mol. The van der Waals surface area contributed by atoms with Crippen LogP contribution in [0.4, 0.5) is 10.5 Å². The van der Waals surface area contributed by atoms with Crippen molar-refractivity contribution in [2.24, 2.45) is 5.73 Å². The smallest absolute Gasteiger partial charge is 0.322 e. The SMILES string of the molecule is NCc1ccccc1N1CC2(CC2)NC1=O. The minimum Gasteiger partial charge on any atom is -0.330 e. The lowest BCUT2D eigenvalue weighted by molar-refractivity contribution is 0.250. The molecule has 1 spiro atoms. The van der Waals surface area contributed by atoms with Gasteiger partial charge < -0.3 is 11.1 Å². The van der Waals surface area contributed by atoms with Crippen LogP contribution in [0.25, 0.3) is 0 Å². The van der Waals surface area contributed by atoms with E-state index in [2.05, 4.69) is 5.32 Å². The molecule has 1 aliphatic heterocycles. The third kappa shape index (κ3) is 1.38. The van der Waals surface area contributed by atoms with E-state index in [4.69, 9.17) is 5.73 Å². The zero-order chi connectivity index (χ0) is 11.2. The Morgan fingerprint density at radius 2 is 2.12 bits per heavy atom. The van der Waals surface area contributed by atoms with Crippen molar-refractivity contribution in [3.8, 4) is 0 Å². The molecular weight excluding hydrogens is 202 g/mol. The number of rotatable bonds is 2. The molecule has 1 heterocycles. The Kier molecular flexibility index (Phi) is 1.94. The van der Waals surface area contributed by atoms with Gasteiger partial charge in [-0.25, -0.2) is 4.79 Å². The standard InChI is InChI=1S/C12H15N3O/c13-7-9-3-1-2-4-10(9)15-8-12(5-6-12)14-11(15)16/h1-4H,5-8,13H2,(H,14,16). The maximum atomic E-state index is 11.9. The molecule has 1 saturated heterocycles. The number of carbonyl (C=O) groups is 1. The second-order valence-corrected chi connectivity index (χ2v) is 4.63. The molecule has 0 radical (unpaired) electrons. The number of hydrogen-bond acceptors (Lipinski definition) is 2. The molecule has 1 aromatic carbocycles. The summed E-state index contributed by atoms with van der Waals surface area (Å²) in [6.07, 6.45) is 2.19. The lowest BCUT2D eigenvalue weighted by Gasteiger charge is -2.18. The summed E-state index contributed by atoms with van der Waals surface area (Å²) in [6, 6.07) is 7.84. The maximum absolute atomic E-state index is 11.9. The van der Waals surface area contributed by atoms with E-state index in [9.17, 15) is 4.79 Å². The van der Waals surface area contributed by atoms with Crippen molar-refractivity contribution in [1.29, 1.82) is 0 Å². The molecule has 2 amide bonds. The fourth-order valence-corrected chi connectivity index (χ4v) is 2.28. The molecule has 4 nitrogen and oxygen atoms in total. The number of para-hydroxylation sites is 1. The van der Waals surface area contributed by atoms with Crippen molar-refractivity contribution < 1.29 is 4.79 Å². The van der Waals surface area contributed by atoms with Crippen LogP contribution in [-0.2, 0) is 6.54 Å². The van der Waals surface area contributed by atoms with E-state index in [1.165, 1.54) is 0 Å². The molecule has 16 heavy (non-hydrogen) atoms. The number of nitrogens with one attached hydrogen (secondary N) is 1. The number of amides is 2. The zero-order valence-corrected chi connectivity index (χ0v) is 9.07. The Labute approximate surface area is 94.4 Å². The molecule has 3 rings (SSSR count). The highest BCUT2D eigenvalue weighted by molar-refractivity contribution is 5.96. The van der Waals surface area contributed by atoms with E-state index < -0.39 is 0 Å². The highest BCUT2D eigenvalue weighted by atomic mass is 16.2. The topological polar surface area (TPSA) is 58.4 Å². The van der Waals surface area contributed by atoms with Gasteiger partial charge in [0.2, 0.25) is 0 Å². The molecule has 3 N–H and O–H groups in total. The van der Waals surface area contributed by atoms with Gasteiger partial charge in [-0.2, -0.15) is 0 Å². The van der Waals surface area contributed by atoms with Crippen molar-refractivity contribution in [1.82, 2.24) is 5.32 Å². The van der Waals surface area contributed by atoms with Crippen LogP contribution in [0.1, 0.15) is 18.4 Å². The first-order valence-corrected chi connectivity index (χ1v) is 5.62. The van der Waals surface area contributed by atoms with E-state index >= 15 is 0 Å². The van der Waals surface area contributed by atoms with Gasteiger partial charge in [0, 0.05) is 12.2 Å². The molecule has 1 saturated carbocycles. The first-order valence-electron chi connectivity index (χ1n) is 5.62. The number of nitrogens with two attached hydrogens (primary N) is 1. The maximum Gasteiger partial charge on any atom is 0.322 e. The van der Waals surface area contributed by atoms with Gasteiger partial charge in [-0.15, -0.1) is 0 Å². The summed E-state index contributed by atoms with van der Waals surface area (Å²) in [4.78, 5) is 13.7. The normalized spacial score (nSPS) is 21.3. The molecule has 0 atom stereocenters. The first kappa shape index (κ1) is 9.66. The van der Waals surface area contributed by atoms with Gasteiger partial charge in [0.15, 0.2) is 0 Å². The van der Waals surface area contributed by atoms with Crippen LogP contribution in [0.15, 0.2) is 24.3 Å². The highest BCUT2D eigenvalue weighted by Gasteiger charge is 2.52. The number of carbonyl (C=O) groups excluding carboxylic acids is 1. The van der Waals surface area contributed by atoms with Crippen molar-refractivity contribution in [3.63, 3.8) is 0 Å². The molecule has 2 fully saturated rings. The van der Waals surface area contributed by atoms with Crippen LogP contribution in [-0.4, -0.2) is 18.1 Å². The fourth-order valence-electron chi connectivity index (χ4n) is 2.28. The Hall–Kier alpha value is -1.55.